The summed E-state index contributed by atoms with van der Waals surface area (Å²) in [7, 11) is 0. The lowest BCUT2D eigenvalue weighted by atomic mass is 9.99. The molecular weight excluding hydrogens is 268 g/mol. The molecule has 1 N–H and O–H groups in total. The Morgan fingerprint density at radius 3 is 2.86 bits per heavy atom. The van der Waals surface area contributed by atoms with Gasteiger partial charge in [-0.15, -0.1) is 0 Å². The number of aromatic nitrogens is 1. The average Bonchev–Trinajstić information content (AvgIpc) is 2.99. The highest BCUT2D eigenvalue weighted by atomic mass is 16.7. The van der Waals surface area contributed by atoms with Gasteiger partial charge in [0.1, 0.15) is 0 Å². The first-order valence-corrected chi connectivity index (χ1v) is 7.42. The van der Waals surface area contributed by atoms with Gasteiger partial charge in [0.15, 0.2) is 11.5 Å². The van der Waals surface area contributed by atoms with E-state index in [4.69, 9.17) is 14.2 Å². The predicted molar refractivity (Wildman–Crippen MR) is 79.0 cm³/mol. The van der Waals surface area contributed by atoms with Gasteiger partial charge in [0.05, 0.1) is 6.61 Å². The summed E-state index contributed by atoms with van der Waals surface area (Å²) in [4.78, 5) is 4.38. The van der Waals surface area contributed by atoms with E-state index in [-0.39, 0.29) is 6.79 Å². The molecule has 4 rings (SSSR count). The van der Waals surface area contributed by atoms with E-state index in [1.54, 1.807) is 6.20 Å². The Hall–Kier alpha value is -2.01. The number of piperidine rings is 1. The van der Waals surface area contributed by atoms with Crippen LogP contribution in [0.1, 0.15) is 12.8 Å². The molecule has 5 heteroatoms. The largest absolute Gasteiger partial charge is 0.477 e. The van der Waals surface area contributed by atoms with E-state index >= 15 is 0 Å². The van der Waals surface area contributed by atoms with Crippen LogP contribution in [0.25, 0.3) is 10.8 Å². The quantitative estimate of drug-likeness (QED) is 0.938. The minimum atomic E-state index is 0.282. The van der Waals surface area contributed by atoms with Crippen LogP contribution >= 0.6 is 0 Å². The molecule has 1 saturated heterocycles. The number of hydrogen-bond donors (Lipinski definition) is 1. The number of nitrogens with zero attached hydrogens (tertiary/aromatic N) is 1. The maximum absolute atomic E-state index is 5.98. The van der Waals surface area contributed by atoms with Crippen molar-refractivity contribution < 1.29 is 14.2 Å². The molecule has 0 radical (unpaired) electrons. The zero-order valence-electron chi connectivity index (χ0n) is 11.8. The summed E-state index contributed by atoms with van der Waals surface area (Å²) in [6.07, 6.45) is 4.11. The molecule has 1 aromatic heterocycles. The number of ether oxygens (including phenoxy) is 3. The molecular formula is C16H18N2O3. The van der Waals surface area contributed by atoms with Gasteiger partial charge in [0.2, 0.25) is 12.7 Å². The van der Waals surface area contributed by atoms with E-state index in [1.165, 1.54) is 0 Å². The molecule has 0 aliphatic carbocycles. The fraction of sp³-hybridized carbons (Fsp3) is 0.438. The standard InChI is InChI=1S/C16H18N2O3/c1-4-17-5-2-11(1)9-19-16-13-8-15-14(20-10-21-15)7-12(13)3-6-18-16/h3,6-8,11,17H,1-2,4-5,9-10H2. The molecule has 2 aromatic rings. The monoisotopic (exact) mass is 286 g/mol. The molecule has 1 aromatic carbocycles. The summed E-state index contributed by atoms with van der Waals surface area (Å²) >= 11 is 0. The number of benzene rings is 1. The van der Waals surface area contributed by atoms with Crippen molar-refractivity contribution in [1.82, 2.24) is 10.3 Å². The van der Waals surface area contributed by atoms with E-state index in [2.05, 4.69) is 10.3 Å². The number of hydrogen-bond acceptors (Lipinski definition) is 5. The number of fused-ring (bicyclic) bond motifs is 2. The van der Waals surface area contributed by atoms with Gasteiger partial charge < -0.3 is 19.5 Å². The molecule has 3 heterocycles. The van der Waals surface area contributed by atoms with Crippen molar-refractivity contribution in [3.05, 3.63) is 24.4 Å². The van der Waals surface area contributed by atoms with Crippen LogP contribution in [0.4, 0.5) is 0 Å². The van der Waals surface area contributed by atoms with Crippen molar-refractivity contribution in [2.24, 2.45) is 5.92 Å². The number of pyridine rings is 1. The Kier molecular flexibility index (Phi) is 3.27. The lowest BCUT2D eigenvalue weighted by Crippen LogP contribution is -2.30. The van der Waals surface area contributed by atoms with Crippen molar-refractivity contribution in [2.75, 3.05) is 26.5 Å². The average molecular weight is 286 g/mol. The molecule has 1 fully saturated rings. The van der Waals surface area contributed by atoms with Crippen LogP contribution in [0.2, 0.25) is 0 Å². The third kappa shape index (κ3) is 2.49. The highest BCUT2D eigenvalue weighted by Gasteiger charge is 2.18. The van der Waals surface area contributed by atoms with Gasteiger partial charge in [-0.2, -0.15) is 0 Å². The second-order valence-corrected chi connectivity index (χ2v) is 5.55. The van der Waals surface area contributed by atoms with E-state index in [1.807, 2.05) is 18.2 Å². The molecule has 21 heavy (non-hydrogen) atoms. The summed E-state index contributed by atoms with van der Waals surface area (Å²) in [5.74, 6) is 2.85. The maximum Gasteiger partial charge on any atom is 0.231 e. The zero-order valence-corrected chi connectivity index (χ0v) is 11.8. The molecule has 2 aliphatic heterocycles. The van der Waals surface area contributed by atoms with E-state index < -0.39 is 0 Å². The van der Waals surface area contributed by atoms with Crippen LogP contribution in [0.5, 0.6) is 17.4 Å². The summed E-state index contributed by atoms with van der Waals surface area (Å²) in [6.45, 7) is 3.16. The van der Waals surface area contributed by atoms with Crippen LogP contribution in [0.3, 0.4) is 0 Å². The molecule has 0 saturated carbocycles. The summed E-state index contributed by atoms with van der Waals surface area (Å²) < 4.78 is 16.8. The SMILES string of the molecule is c1cc2cc3c(cc2c(OCC2CCNCC2)n1)OCO3. The first-order valence-electron chi connectivity index (χ1n) is 7.42. The highest BCUT2D eigenvalue weighted by molar-refractivity contribution is 5.90. The van der Waals surface area contributed by atoms with Gasteiger partial charge in [-0.25, -0.2) is 4.98 Å². The molecule has 0 amide bonds. The highest BCUT2D eigenvalue weighted by Crippen LogP contribution is 2.38. The van der Waals surface area contributed by atoms with Gasteiger partial charge in [-0.05, 0) is 55.4 Å². The first kappa shape index (κ1) is 12.7. The second kappa shape index (κ2) is 5.41. The fourth-order valence-electron chi connectivity index (χ4n) is 2.90. The Bertz CT molecular complexity index is 653. The van der Waals surface area contributed by atoms with Crippen LogP contribution in [-0.4, -0.2) is 31.5 Å². The van der Waals surface area contributed by atoms with Crippen molar-refractivity contribution in [3.63, 3.8) is 0 Å². The Morgan fingerprint density at radius 1 is 1.19 bits per heavy atom. The van der Waals surface area contributed by atoms with Crippen LogP contribution in [0, 0.1) is 5.92 Å². The fourth-order valence-corrected chi connectivity index (χ4v) is 2.90. The van der Waals surface area contributed by atoms with Gasteiger partial charge >= 0.3 is 0 Å². The van der Waals surface area contributed by atoms with E-state index in [0.29, 0.717) is 11.8 Å². The third-order valence-electron chi connectivity index (χ3n) is 4.14. The van der Waals surface area contributed by atoms with Crippen molar-refractivity contribution >= 4 is 10.8 Å². The minimum Gasteiger partial charge on any atom is -0.477 e. The molecule has 0 unspecified atom stereocenters. The van der Waals surface area contributed by atoms with Gasteiger partial charge in [-0.3, -0.25) is 0 Å². The lowest BCUT2D eigenvalue weighted by molar-refractivity contribution is 0.174. The Morgan fingerprint density at radius 2 is 2.00 bits per heavy atom. The smallest absolute Gasteiger partial charge is 0.231 e. The molecule has 2 aliphatic rings. The molecule has 0 bridgehead atoms. The van der Waals surface area contributed by atoms with Gasteiger partial charge in [0, 0.05) is 11.6 Å². The Labute approximate surface area is 123 Å². The van der Waals surface area contributed by atoms with E-state index in [0.717, 1.165) is 54.8 Å². The molecule has 0 spiro atoms. The zero-order chi connectivity index (χ0) is 14.1. The minimum absolute atomic E-state index is 0.282. The van der Waals surface area contributed by atoms with Gasteiger partial charge in [-0.1, -0.05) is 0 Å². The number of nitrogens with one attached hydrogen (secondary N) is 1. The topological polar surface area (TPSA) is 52.6 Å². The maximum atomic E-state index is 5.98. The van der Waals surface area contributed by atoms with Crippen LogP contribution in [-0.2, 0) is 0 Å². The summed E-state index contributed by atoms with van der Waals surface area (Å²) in [6, 6.07) is 5.91. The second-order valence-electron chi connectivity index (χ2n) is 5.55. The molecule has 110 valence electrons. The molecule has 0 atom stereocenters. The molecule has 5 nitrogen and oxygen atoms in total. The lowest BCUT2D eigenvalue weighted by Gasteiger charge is -2.22. The summed E-state index contributed by atoms with van der Waals surface area (Å²) in [5.41, 5.74) is 0. The van der Waals surface area contributed by atoms with Crippen molar-refractivity contribution in [2.45, 2.75) is 12.8 Å². The van der Waals surface area contributed by atoms with Crippen molar-refractivity contribution in [3.8, 4) is 17.4 Å². The number of rotatable bonds is 3. The summed E-state index contributed by atoms with van der Waals surface area (Å²) in [5, 5.41) is 5.42. The third-order valence-corrected chi connectivity index (χ3v) is 4.14. The van der Waals surface area contributed by atoms with E-state index in [9.17, 15) is 0 Å². The predicted octanol–water partition coefficient (Wildman–Crippen LogP) is 2.34. The van der Waals surface area contributed by atoms with Crippen molar-refractivity contribution in [1.29, 1.82) is 0 Å². The van der Waals surface area contributed by atoms with Crippen LogP contribution < -0.4 is 19.5 Å². The Balaban J connectivity index is 1.59. The first-order chi connectivity index (χ1) is 10.4. The normalized spacial score (nSPS) is 18.1. The van der Waals surface area contributed by atoms with Crippen LogP contribution in [0.15, 0.2) is 24.4 Å². The van der Waals surface area contributed by atoms with Gasteiger partial charge in [0.25, 0.3) is 0 Å².